The van der Waals surface area contributed by atoms with Gasteiger partial charge in [0.05, 0.1) is 16.6 Å². The lowest BCUT2D eigenvalue weighted by atomic mass is 10.1. The zero-order chi connectivity index (χ0) is 22.8. The number of carbonyl (C=O) groups is 1. The van der Waals surface area contributed by atoms with Gasteiger partial charge in [-0.1, -0.05) is 42.1 Å². The Morgan fingerprint density at radius 1 is 0.970 bits per heavy atom. The van der Waals surface area contributed by atoms with Crippen LogP contribution in [-0.4, -0.2) is 33.4 Å². The zero-order valence-electron chi connectivity index (χ0n) is 17.9. The molecule has 1 aromatic heterocycles. The SMILES string of the molecule is O=C(c1ccc2c(=O)n(-c3ccc(F)cc3)c(SCc3ccccc3)nc2c1)N1CCCC1. The van der Waals surface area contributed by atoms with Crippen LogP contribution in [0, 0.1) is 5.82 Å². The van der Waals surface area contributed by atoms with Crippen LogP contribution in [0.25, 0.3) is 16.6 Å². The number of rotatable bonds is 5. The number of carbonyl (C=O) groups excluding carboxylic acids is 1. The van der Waals surface area contributed by atoms with E-state index in [2.05, 4.69) is 0 Å². The smallest absolute Gasteiger partial charge is 0.266 e. The number of halogens is 1. The van der Waals surface area contributed by atoms with E-state index in [0.717, 1.165) is 31.5 Å². The first kappa shape index (κ1) is 21.4. The molecule has 0 unspecified atom stereocenters. The van der Waals surface area contributed by atoms with E-state index < -0.39 is 0 Å². The average Bonchev–Trinajstić information content (AvgIpc) is 3.39. The van der Waals surface area contributed by atoms with Crippen molar-refractivity contribution >= 4 is 28.6 Å². The molecule has 3 aromatic carbocycles. The molecule has 0 N–H and O–H groups in total. The molecule has 4 aromatic rings. The highest BCUT2D eigenvalue weighted by atomic mass is 32.2. The minimum absolute atomic E-state index is 0.0302. The molecular weight excluding hydrogens is 437 g/mol. The van der Waals surface area contributed by atoms with Crippen molar-refractivity contribution < 1.29 is 9.18 Å². The van der Waals surface area contributed by atoms with Crippen LogP contribution >= 0.6 is 11.8 Å². The molecule has 0 aliphatic carbocycles. The van der Waals surface area contributed by atoms with Crippen LogP contribution < -0.4 is 5.56 Å². The molecule has 1 saturated heterocycles. The van der Waals surface area contributed by atoms with E-state index >= 15 is 0 Å². The second-order valence-electron chi connectivity index (χ2n) is 8.02. The maximum Gasteiger partial charge on any atom is 0.266 e. The predicted molar refractivity (Wildman–Crippen MR) is 128 cm³/mol. The Morgan fingerprint density at radius 2 is 1.70 bits per heavy atom. The van der Waals surface area contributed by atoms with Crippen molar-refractivity contribution in [2.75, 3.05) is 13.1 Å². The van der Waals surface area contributed by atoms with Gasteiger partial charge in [0.15, 0.2) is 5.16 Å². The zero-order valence-corrected chi connectivity index (χ0v) is 18.7. The van der Waals surface area contributed by atoms with Gasteiger partial charge in [0.25, 0.3) is 11.5 Å². The maximum absolute atomic E-state index is 13.5. The fourth-order valence-corrected chi connectivity index (χ4v) is 5.01. The summed E-state index contributed by atoms with van der Waals surface area (Å²) in [5, 5.41) is 0.912. The van der Waals surface area contributed by atoms with Gasteiger partial charge in [-0.3, -0.25) is 14.2 Å². The second-order valence-corrected chi connectivity index (χ2v) is 8.96. The van der Waals surface area contributed by atoms with Crippen molar-refractivity contribution in [3.63, 3.8) is 0 Å². The normalized spacial score (nSPS) is 13.5. The lowest BCUT2D eigenvalue weighted by Gasteiger charge is -2.16. The van der Waals surface area contributed by atoms with Crippen molar-refractivity contribution in [3.05, 3.63) is 100 Å². The highest BCUT2D eigenvalue weighted by molar-refractivity contribution is 7.98. The predicted octanol–water partition coefficient (Wildman–Crippen LogP) is 5.05. The minimum Gasteiger partial charge on any atom is -0.339 e. The number of hydrogen-bond acceptors (Lipinski definition) is 4. The summed E-state index contributed by atoms with van der Waals surface area (Å²) in [5.41, 5.74) is 2.42. The Bertz CT molecular complexity index is 1360. The van der Waals surface area contributed by atoms with E-state index in [-0.39, 0.29) is 17.3 Å². The number of amides is 1. The molecule has 0 spiro atoms. The number of thioether (sulfide) groups is 1. The molecule has 5 nitrogen and oxygen atoms in total. The molecule has 0 atom stereocenters. The number of fused-ring (bicyclic) bond motifs is 1. The number of nitrogens with zero attached hydrogens (tertiary/aromatic N) is 3. The summed E-state index contributed by atoms with van der Waals surface area (Å²) in [5.74, 6) is 0.216. The summed E-state index contributed by atoms with van der Waals surface area (Å²) in [6, 6.07) is 20.8. The van der Waals surface area contributed by atoms with Gasteiger partial charge < -0.3 is 4.90 Å². The van der Waals surface area contributed by atoms with Crippen LogP contribution in [0.3, 0.4) is 0 Å². The van der Waals surface area contributed by atoms with Gasteiger partial charge in [0.2, 0.25) is 0 Å². The van der Waals surface area contributed by atoms with Gasteiger partial charge in [0, 0.05) is 24.4 Å². The van der Waals surface area contributed by atoms with Crippen molar-refractivity contribution in [2.45, 2.75) is 23.8 Å². The standard InChI is InChI=1S/C26H22FN3O2S/c27-20-9-11-21(12-10-20)30-25(32)22-13-8-19(24(31)29-14-4-5-15-29)16-23(22)28-26(30)33-17-18-6-2-1-3-7-18/h1-3,6-13,16H,4-5,14-15,17H2. The molecule has 1 amide bonds. The Morgan fingerprint density at radius 3 is 2.42 bits per heavy atom. The molecule has 7 heteroatoms. The summed E-state index contributed by atoms with van der Waals surface area (Å²) in [6.45, 7) is 1.52. The first-order valence-corrected chi connectivity index (χ1v) is 11.9. The topological polar surface area (TPSA) is 55.2 Å². The fourth-order valence-electron chi connectivity index (χ4n) is 4.04. The van der Waals surface area contributed by atoms with Gasteiger partial charge >= 0.3 is 0 Å². The van der Waals surface area contributed by atoms with Crippen molar-refractivity contribution in [1.82, 2.24) is 14.5 Å². The molecule has 0 saturated carbocycles. The highest BCUT2D eigenvalue weighted by Crippen LogP contribution is 2.25. The first-order chi connectivity index (χ1) is 16.1. The third-order valence-corrected chi connectivity index (χ3v) is 6.78. The van der Waals surface area contributed by atoms with Crippen molar-refractivity contribution in [2.24, 2.45) is 0 Å². The minimum atomic E-state index is -0.371. The van der Waals surface area contributed by atoms with E-state index in [4.69, 9.17) is 4.98 Å². The Hall–Kier alpha value is -3.45. The number of benzene rings is 3. The van der Waals surface area contributed by atoms with E-state index in [0.29, 0.717) is 33.1 Å². The summed E-state index contributed by atoms with van der Waals surface area (Å²) in [6.07, 6.45) is 2.03. The molecule has 5 rings (SSSR count). The fraction of sp³-hybridized carbons (Fsp3) is 0.192. The van der Waals surface area contributed by atoms with Gasteiger partial charge in [-0.2, -0.15) is 0 Å². The number of aromatic nitrogens is 2. The second kappa shape index (κ2) is 9.19. The quantitative estimate of drug-likeness (QED) is 0.310. The monoisotopic (exact) mass is 459 g/mol. The van der Waals surface area contributed by atoms with E-state index in [1.807, 2.05) is 35.2 Å². The highest BCUT2D eigenvalue weighted by Gasteiger charge is 2.21. The molecule has 0 bridgehead atoms. The molecule has 1 aliphatic rings. The maximum atomic E-state index is 13.5. The summed E-state index contributed by atoms with van der Waals surface area (Å²) in [4.78, 5) is 33.0. The van der Waals surface area contributed by atoms with E-state index in [1.54, 1.807) is 30.3 Å². The van der Waals surface area contributed by atoms with Crippen LogP contribution in [0.2, 0.25) is 0 Å². The molecule has 0 radical (unpaired) electrons. The average molecular weight is 460 g/mol. The van der Waals surface area contributed by atoms with E-state index in [9.17, 15) is 14.0 Å². The largest absolute Gasteiger partial charge is 0.339 e. The molecule has 1 fully saturated rings. The lowest BCUT2D eigenvalue weighted by molar-refractivity contribution is 0.0793. The van der Waals surface area contributed by atoms with Crippen LogP contribution in [0.1, 0.15) is 28.8 Å². The molecule has 166 valence electrons. The molecule has 33 heavy (non-hydrogen) atoms. The Labute approximate surface area is 194 Å². The third-order valence-electron chi connectivity index (χ3n) is 5.77. The van der Waals surface area contributed by atoms with Gasteiger partial charge in [-0.15, -0.1) is 0 Å². The van der Waals surface area contributed by atoms with E-state index in [1.165, 1.54) is 28.5 Å². The van der Waals surface area contributed by atoms with Crippen LogP contribution in [-0.2, 0) is 5.75 Å². The number of hydrogen-bond donors (Lipinski definition) is 0. The van der Waals surface area contributed by atoms with Gasteiger partial charge in [-0.25, -0.2) is 9.37 Å². The first-order valence-electron chi connectivity index (χ1n) is 10.9. The summed E-state index contributed by atoms with van der Waals surface area (Å²) in [7, 11) is 0. The summed E-state index contributed by atoms with van der Waals surface area (Å²) >= 11 is 1.43. The van der Waals surface area contributed by atoms with Crippen LogP contribution in [0.5, 0.6) is 0 Å². The van der Waals surface area contributed by atoms with Crippen LogP contribution in [0.15, 0.2) is 82.7 Å². The van der Waals surface area contributed by atoms with Crippen LogP contribution in [0.4, 0.5) is 4.39 Å². The Kier molecular flexibility index (Phi) is 5.96. The molecular formula is C26H22FN3O2S. The van der Waals surface area contributed by atoms with Crippen molar-refractivity contribution in [1.29, 1.82) is 0 Å². The Balaban J connectivity index is 1.60. The van der Waals surface area contributed by atoms with Crippen molar-refractivity contribution in [3.8, 4) is 5.69 Å². The van der Waals surface area contributed by atoms with Gasteiger partial charge in [0.1, 0.15) is 5.82 Å². The molecule has 2 heterocycles. The number of likely N-dealkylation sites (tertiary alicyclic amines) is 1. The van der Waals surface area contributed by atoms with Gasteiger partial charge in [-0.05, 0) is 60.9 Å². The summed E-state index contributed by atoms with van der Waals surface area (Å²) < 4.78 is 15.0. The third kappa shape index (κ3) is 4.41. The lowest BCUT2D eigenvalue weighted by Crippen LogP contribution is -2.28. The molecule has 1 aliphatic heterocycles.